The molecule has 0 spiro atoms. The number of thioether (sulfide) groups is 1. The van der Waals surface area contributed by atoms with Crippen molar-refractivity contribution in [2.45, 2.75) is 6.61 Å². The van der Waals surface area contributed by atoms with Crippen LogP contribution < -0.4 is 14.8 Å². The van der Waals surface area contributed by atoms with E-state index in [9.17, 15) is 4.79 Å². The Morgan fingerprint density at radius 1 is 1.03 bits per heavy atom. The number of hydrogen-bond donors (Lipinski definition) is 1. The summed E-state index contributed by atoms with van der Waals surface area (Å²) in [5.74, 6) is 0.934. The molecule has 0 aliphatic carbocycles. The van der Waals surface area contributed by atoms with Gasteiger partial charge in [-0.3, -0.25) is 4.79 Å². The third-order valence-electron chi connectivity index (χ3n) is 4.67. The Hall–Kier alpha value is -1.97. The summed E-state index contributed by atoms with van der Waals surface area (Å²) in [4.78, 5) is 17.4. The molecule has 1 aliphatic rings. The highest BCUT2D eigenvalue weighted by Crippen LogP contribution is 2.34. The van der Waals surface area contributed by atoms with E-state index < -0.39 is 0 Å². The fraction of sp³-hybridized carbons (Fsp3) is 0.0833. The molecule has 5 nitrogen and oxygen atoms in total. The van der Waals surface area contributed by atoms with Crippen LogP contribution in [0.1, 0.15) is 11.1 Å². The number of halogens is 4. The molecule has 10 heteroatoms. The van der Waals surface area contributed by atoms with Gasteiger partial charge in [-0.1, -0.05) is 67.2 Å². The minimum absolute atomic E-state index is 0.233. The number of amidine groups is 1. The van der Waals surface area contributed by atoms with Crippen molar-refractivity contribution in [1.82, 2.24) is 5.32 Å². The van der Waals surface area contributed by atoms with Crippen molar-refractivity contribution in [1.29, 1.82) is 0 Å². The number of nitrogens with zero attached hydrogens (tertiary/aromatic N) is 1. The van der Waals surface area contributed by atoms with Crippen LogP contribution in [0.25, 0.3) is 6.08 Å². The van der Waals surface area contributed by atoms with E-state index in [4.69, 9.17) is 32.7 Å². The molecule has 0 bridgehead atoms. The molecule has 1 saturated heterocycles. The molecule has 1 heterocycles. The molecule has 0 saturated carbocycles. The van der Waals surface area contributed by atoms with Gasteiger partial charge in [-0.25, -0.2) is 4.99 Å². The van der Waals surface area contributed by atoms with Crippen molar-refractivity contribution in [2.75, 3.05) is 7.11 Å². The highest BCUT2D eigenvalue weighted by atomic mass is 79.9. The number of carbonyl (C=O) groups is 1. The molecular formula is C24H16Br2Cl2N2O3S. The second-order valence-corrected chi connectivity index (χ2v) is 10.6. The van der Waals surface area contributed by atoms with E-state index in [0.717, 1.165) is 20.1 Å². The molecule has 0 unspecified atom stereocenters. The number of rotatable bonds is 6. The maximum atomic E-state index is 12.4. The average molecular weight is 643 g/mol. The molecule has 174 valence electrons. The first kappa shape index (κ1) is 25.1. The van der Waals surface area contributed by atoms with Crippen LogP contribution in [0, 0.1) is 0 Å². The highest BCUT2D eigenvalue weighted by molar-refractivity contribution is 9.11. The fourth-order valence-corrected chi connectivity index (χ4v) is 5.29. The van der Waals surface area contributed by atoms with Gasteiger partial charge in [0.15, 0.2) is 16.7 Å². The van der Waals surface area contributed by atoms with Gasteiger partial charge in [0, 0.05) is 14.5 Å². The number of amides is 1. The summed E-state index contributed by atoms with van der Waals surface area (Å²) in [5.41, 5.74) is 2.39. The molecule has 0 radical (unpaired) electrons. The SMILES string of the molecule is COc1cc(/C=C2\SC(=Nc3ccc(Cl)c(Cl)c3)NC2=O)ccc1OCc1ccc(Br)cc1Br. The molecule has 3 aromatic rings. The van der Waals surface area contributed by atoms with Crippen LogP contribution in [0.3, 0.4) is 0 Å². The zero-order valence-corrected chi connectivity index (χ0v) is 23.1. The summed E-state index contributed by atoms with van der Waals surface area (Å²) in [5, 5.41) is 4.06. The van der Waals surface area contributed by atoms with Crippen LogP contribution in [0.5, 0.6) is 11.5 Å². The maximum absolute atomic E-state index is 12.4. The van der Waals surface area contributed by atoms with E-state index in [1.165, 1.54) is 11.8 Å². The van der Waals surface area contributed by atoms with E-state index in [-0.39, 0.29) is 5.91 Å². The lowest BCUT2D eigenvalue weighted by atomic mass is 10.2. The van der Waals surface area contributed by atoms with Crippen molar-refractivity contribution in [3.63, 3.8) is 0 Å². The van der Waals surface area contributed by atoms with E-state index >= 15 is 0 Å². The molecule has 0 atom stereocenters. The summed E-state index contributed by atoms with van der Waals surface area (Å²) in [6.07, 6.45) is 1.77. The van der Waals surface area contributed by atoms with Crippen LogP contribution in [0.2, 0.25) is 10.0 Å². The summed E-state index contributed by atoms with van der Waals surface area (Å²) >= 11 is 20.2. The van der Waals surface area contributed by atoms with Gasteiger partial charge in [-0.05, 0) is 65.9 Å². The molecule has 1 amide bonds. The van der Waals surface area contributed by atoms with Crippen LogP contribution in [0.15, 0.2) is 73.4 Å². The van der Waals surface area contributed by atoms with Crippen LogP contribution in [0.4, 0.5) is 5.69 Å². The normalized spacial score (nSPS) is 15.6. The summed E-state index contributed by atoms with van der Waals surface area (Å²) < 4.78 is 13.4. The number of ether oxygens (including phenoxy) is 2. The lowest BCUT2D eigenvalue weighted by Crippen LogP contribution is -2.19. The van der Waals surface area contributed by atoms with E-state index in [2.05, 4.69) is 42.2 Å². The van der Waals surface area contributed by atoms with E-state index in [1.807, 2.05) is 36.4 Å². The largest absolute Gasteiger partial charge is 0.493 e. The van der Waals surface area contributed by atoms with Gasteiger partial charge in [0.2, 0.25) is 0 Å². The molecule has 1 aliphatic heterocycles. The molecule has 0 aromatic heterocycles. The predicted octanol–water partition coefficient (Wildman–Crippen LogP) is 8.00. The number of methoxy groups -OCH3 is 1. The van der Waals surface area contributed by atoms with Gasteiger partial charge in [-0.2, -0.15) is 0 Å². The highest BCUT2D eigenvalue weighted by Gasteiger charge is 2.24. The lowest BCUT2D eigenvalue weighted by molar-refractivity contribution is -0.115. The molecule has 4 rings (SSSR count). The number of hydrogen-bond acceptors (Lipinski definition) is 5. The quantitative estimate of drug-likeness (QED) is 0.277. The lowest BCUT2D eigenvalue weighted by Gasteiger charge is -2.12. The zero-order valence-electron chi connectivity index (χ0n) is 17.6. The smallest absolute Gasteiger partial charge is 0.264 e. The fourth-order valence-electron chi connectivity index (χ4n) is 2.99. The van der Waals surface area contributed by atoms with Crippen molar-refractivity contribution < 1.29 is 14.3 Å². The Morgan fingerprint density at radius 2 is 1.85 bits per heavy atom. The molecule has 1 fully saturated rings. The summed E-state index contributed by atoms with van der Waals surface area (Å²) in [6.45, 7) is 0.372. The van der Waals surface area contributed by atoms with Gasteiger partial charge in [0.25, 0.3) is 5.91 Å². The van der Waals surface area contributed by atoms with Crippen molar-refractivity contribution >= 4 is 89.7 Å². The first-order chi connectivity index (χ1) is 16.3. The topological polar surface area (TPSA) is 59.9 Å². The van der Waals surface area contributed by atoms with Gasteiger partial charge >= 0.3 is 0 Å². The maximum Gasteiger partial charge on any atom is 0.264 e. The van der Waals surface area contributed by atoms with Crippen molar-refractivity contribution in [2.24, 2.45) is 4.99 Å². The Bertz CT molecular complexity index is 1330. The summed E-state index contributed by atoms with van der Waals surface area (Å²) in [7, 11) is 1.58. The second kappa shape index (κ2) is 11.2. The standard InChI is InChI=1S/C24H16Br2Cl2N2O3S/c1-32-21-8-13(2-7-20(21)33-12-14-3-4-15(25)10-17(14)26)9-22-23(31)30-24(34-22)29-16-5-6-18(27)19(28)11-16/h2-11H,12H2,1H3,(H,29,30,31)/b22-9-. The van der Waals surface area contributed by atoms with Crippen LogP contribution in [-0.2, 0) is 11.4 Å². The van der Waals surface area contributed by atoms with Crippen LogP contribution in [-0.4, -0.2) is 18.2 Å². The predicted molar refractivity (Wildman–Crippen MR) is 146 cm³/mol. The molecule has 3 aromatic carbocycles. The van der Waals surface area contributed by atoms with Gasteiger partial charge in [0.1, 0.15) is 6.61 Å². The molecular weight excluding hydrogens is 627 g/mol. The minimum Gasteiger partial charge on any atom is -0.493 e. The first-order valence-corrected chi connectivity index (χ1v) is 13.0. The van der Waals surface area contributed by atoms with Gasteiger partial charge in [0.05, 0.1) is 27.7 Å². The summed E-state index contributed by atoms with van der Waals surface area (Å²) in [6, 6.07) is 16.4. The number of carbonyl (C=O) groups excluding carboxylic acids is 1. The third kappa shape index (κ3) is 6.17. The molecule has 1 N–H and O–H groups in total. The Morgan fingerprint density at radius 3 is 2.59 bits per heavy atom. The Kier molecular flexibility index (Phi) is 8.26. The monoisotopic (exact) mass is 640 g/mol. The third-order valence-corrected chi connectivity index (χ3v) is 7.55. The van der Waals surface area contributed by atoms with Crippen LogP contribution >= 0.6 is 66.8 Å². The van der Waals surface area contributed by atoms with E-state index in [0.29, 0.717) is 43.9 Å². The number of nitrogens with one attached hydrogen (secondary N) is 1. The van der Waals surface area contributed by atoms with E-state index in [1.54, 1.807) is 31.4 Å². The number of aliphatic imine (C=N–C) groups is 1. The zero-order chi connectivity index (χ0) is 24.2. The average Bonchev–Trinajstić information content (AvgIpc) is 3.14. The minimum atomic E-state index is -0.233. The van der Waals surface area contributed by atoms with Gasteiger partial charge in [-0.15, -0.1) is 0 Å². The Balaban J connectivity index is 1.49. The van der Waals surface area contributed by atoms with Crippen molar-refractivity contribution in [3.05, 3.63) is 89.6 Å². The van der Waals surface area contributed by atoms with Gasteiger partial charge < -0.3 is 14.8 Å². The first-order valence-electron chi connectivity index (χ1n) is 9.82. The Labute approximate surface area is 227 Å². The van der Waals surface area contributed by atoms with Crippen molar-refractivity contribution in [3.8, 4) is 11.5 Å². The molecule has 34 heavy (non-hydrogen) atoms. The second-order valence-electron chi connectivity index (χ2n) is 7.01. The number of benzene rings is 3.